The number of aryl methyl sites for hydroxylation is 1. The fourth-order valence-electron chi connectivity index (χ4n) is 2.38. The monoisotopic (exact) mass is 483 g/mol. The van der Waals surface area contributed by atoms with Crippen molar-refractivity contribution in [1.82, 2.24) is 4.53 Å². The smallest absolute Gasteiger partial charge is 0.262 e. The van der Waals surface area contributed by atoms with Crippen molar-refractivity contribution >= 4 is 71.0 Å². The maximum absolute atomic E-state index is 13.2. The lowest BCUT2D eigenvalue weighted by Gasteiger charge is -2.40. The van der Waals surface area contributed by atoms with E-state index in [1.165, 1.54) is 18.2 Å². The molecule has 4 nitrogen and oxygen atoms in total. The summed E-state index contributed by atoms with van der Waals surface area (Å²) >= 11 is 24.9. The third kappa shape index (κ3) is 4.76. The summed E-state index contributed by atoms with van der Waals surface area (Å²) < 4.78 is -0.306. The molecule has 0 spiro atoms. The van der Waals surface area contributed by atoms with Gasteiger partial charge in [0.05, 0.1) is 27.4 Å². The number of halogens is 5. The second kappa shape index (κ2) is 9.21. The van der Waals surface area contributed by atoms with Crippen LogP contribution in [0.2, 0.25) is 10.0 Å². The molecule has 152 valence electrons. The second-order valence-electron chi connectivity index (χ2n) is 7.09. The molecule has 0 bridgehead atoms. The van der Waals surface area contributed by atoms with Crippen molar-refractivity contribution in [3.05, 3.63) is 69.2 Å². The van der Waals surface area contributed by atoms with Gasteiger partial charge in [0.15, 0.2) is 0 Å². The Morgan fingerprint density at radius 2 is 1.43 bits per heavy atom. The zero-order valence-corrected chi connectivity index (χ0v) is 19.5. The summed E-state index contributed by atoms with van der Waals surface area (Å²) in [7, 11) is 0. The fourth-order valence-corrected chi connectivity index (χ4v) is 3.23. The molecule has 2 amide bonds. The van der Waals surface area contributed by atoms with Gasteiger partial charge in [-0.25, -0.2) is 4.79 Å². The molecule has 0 aliphatic heterocycles. The van der Waals surface area contributed by atoms with Crippen LogP contribution >= 0.6 is 59.2 Å². The molecule has 2 rings (SSSR count). The summed E-state index contributed by atoms with van der Waals surface area (Å²) in [4.78, 5) is 26.2. The van der Waals surface area contributed by atoms with Crippen LogP contribution in [0.25, 0.3) is 0 Å². The molecule has 0 radical (unpaired) electrons. The highest BCUT2D eigenvalue weighted by Gasteiger charge is 2.56. The van der Waals surface area contributed by atoms with Gasteiger partial charge in [-0.3, -0.25) is 4.79 Å². The van der Waals surface area contributed by atoms with Crippen LogP contribution in [0.3, 0.4) is 0 Å². The van der Waals surface area contributed by atoms with E-state index in [0.29, 0.717) is 15.1 Å². The van der Waals surface area contributed by atoms with Gasteiger partial charge in [0.2, 0.25) is 11.8 Å². The summed E-state index contributed by atoms with van der Waals surface area (Å²) in [5.41, 5.74) is 0.545. The fraction of sp³-hybridized carbons (Fsp3) is 0.263. The first-order valence-corrected chi connectivity index (χ1v) is 9.49. The van der Waals surface area contributed by atoms with Gasteiger partial charge in [0, 0.05) is 5.56 Å². The summed E-state index contributed by atoms with van der Waals surface area (Å²) in [5, 5.41) is 0.494. The van der Waals surface area contributed by atoms with Crippen LogP contribution in [0.1, 0.15) is 47.1 Å². The standard InChI is InChI=1S/C19H19Cl4N2O2.ClH/c1-12-5-7-13(8-6-12)18(27)25(23,19(2,3)4)24(22)17(26)14-9-10-15(20)16(21)11-14;/h5-11H,1-4H3;1H/q+1;. The van der Waals surface area contributed by atoms with Gasteiger partial charge in [-0.05, 0) is 62.1 Å². The van der Waals surface area contributed by atoms with E-state index in [2.05, 4.69) is 0 Å². The Kier molecular flexibility index (Phi) is 8.23. The molecule has 1 unspecified atom stereocenters. The second-order valence-corrected chi connectivity index (χ2v) is 8.72. The first-order chi connectivity index (χ1) is 12.4. The minimum atomic E-state index is -0.989. The largest absolute Gasteiger partial charge is 0.390 e. The average Bonchev–Trinajstić information content (AvgIpc) is 2.61. The van der Waals surface area contributed by atoms with Gasteiger partial charge in [-0.15, -0.1) is 12.4 Å². The third-order valence-corrected chi connectivity index (χ3v) is 6.04. The highest BCUT2D eigenvalue weighted by molar-refractivity contribution is 6.42. The molecule has 1 atom stereocenters. The van der Waals surface area contributed by atoms with Gasteiger partial charge in [-0.2, -0.15) is 0 Å². The van der Waals surface area contributed by atoms with Crippen LogP contribution in [0.15, 0.2) is 42.5 Å². The Morgan fingerprint density at radius 1 is 0.929 bits per heavy atom. The molecule has 0 saturated heterocycles. The molecular formula is C19H20Cl5N2O2+. The summed E-state index contributed by atoms with van der Waals surface area (Å²) in [5.74, 6) is -1.21. The van der Waals surface area contributed by atoms with E-state index in [0.717, 1.165) is 5.56 Å². The maximum atomic E-state index is 13.2. The maximum Gasteiger partial charge on any atom is 0.390 e. The van der Waals surface area contributed by atoms with E-state index in [4.69, 9.17) is 46.8 Å². The molecule has 2 aromatic rings. The van der Waals surface area contributed by atoms with Crippen LogP contribution in [0.5, 0.6) is 0 Å². The van der Waals surface area contributed by atoms with Crippen molar-refractivity contribution in [1.29, 1.82) is 0 Å². The molecule has 0 aliphatic rings. The molecule has 0 aromatic heterocycles. The molecule has 0 N–H and O–H groups in total. The minimum absolute atomic E-state index is 0. The highest BCUT2D eigenvalue weighted by Crippen LogP contribution is 2.37. The molecule has 2 aromatic carbocycles. The third-order valence-electron chi connectivity index (χ3n) is 4.03. The zero-order valence-electron chi connectivity index (χ0n) is 15.7. The van der Waals surface area contributed by atoms with Crippen molar-refractivity contribution in [2.45, 2.75) is 33.2 Å². The Balaban J connectivity index is 0.00000392. The van der Waals surface area contributed by atoms with Crippen molar-refractivity contribution < 1.29 is 13.7 Å². The predicted octanol–water partition coefficient (Wildman–Crippen LogP) is 6.84. The number of hydrogen-bond acceptors (Lipinski definition) is 2. The van der Waals surface area contributed by atoms with E-state index < -0.39 is 21.5 Å². The lowest BCUT2D eigenvalue weighted by molar-refractivity contribution is -0.871. The number of rotatable bonds is 2. The average molecular weight is 486 g/mol. The number of quaternary nitrogens is 1. The summed E-state index contributed by atoms with van der Waals surface area (Å²) in [6.45, 7) is 7.04. The number of carbonyl (C=O) groups is 2. The number of nitrogens with zero attached hydrogens (tertiary/aromatic N) is 2. The van der Waals surface area contributed by atoms with Crippen LogP contribution < -0.4 is 0 Å². The predicted molar refractivity (Wildman–Crippen MR) is 117 cm³/mol. The lowest BCUT2D eigenvalue weighted by atomic mass is 10.1. The van der Waals surface area contributed by atoms with Crippen LogP contribution in [0.4, 0.5) is 0 Å². The minimum Gasteiger partial charge on any atom is -0.262 e. The SMILES string of the molecule is Cc1ccc(C(=O)[N+](Cl)(N(Cl)C(=O)c2ccc(Cl)c(Cl)c2)C(C)(C)C)cc1.Cl. The van der Waals surface area contributed by atoms with E-state index in [9.17, 15) is 9.59 Å². The Labute approximate surface area is 191 Å². The molecule has 0 aliphatic carbocycles. The Morgan fingerprint density at radius 3 is 1.89 bits per heavy atom. The quantitative estimate of drug-likeness (QED) is 0.345. The van der Waals surface area contributed by atoms with Gasteiger partial charge < -0.3 is 0 Å². The van der Waals surface area contributed by atoms with Gasteiger partial charge in [0.25, 0.3) is 0 Å². The van der Waals surface area contributed by atoms with Crippen molar-refractivity contribution in [3.8, 4) is 0 Å². The number of amides is 2. The van der Waals surface area contributed by atoms with Gasteiger partial charge in [0.1, 0.15) is 5.54 Å². The molecule has 9 heteroatoms. The van der Waals surface area contributed by atoms with Crippen molar-refractivity contribution in [2.24, 2.45) is 0 Å². The van der Waals surface area contributed by atoms with Crippen LogP contribution in [-0.4, -0.2) is 26.0 Å². The van der Waals surface area contributed by atoms with Gasteiger partial charge in [-0.1, -0.05) is 45.4 Å². The summed E-state index contributed by atoms with van der Waals surface area (Å²) in [6, 6.07) is 11.2. The number of carbonyl (C=O) groups excluding carboxylic acids is 2. The van der Waals surface area contributed by atoms with Crippen molar-refractivity contribution in [2.75, 3.05) is 0 Å². The first kappa shape index (κ1) is 25.0. The molecule has 0 heterocycles. The molecular weight excluding hydrogens is 465 g/mol. The van der Waals surface area contributed by atoms with E-state index in [-0.39, 0.29) is 23.0 Å². The lowest BCUT2D eigenvalue weighted by Crippen LogP contribution is -2.64. The molecule has 0 fully saturated rings. The first-order valence-electron chi connectivity index (χ1n) is 8.05. The van der Waals surface area contributed by atoms with Crippen LogP contribution in [0, 0.1) is 6.92 Å². The molecule has 0 saturated carbocycles. The topological polar surface area (TPSA) is 37.4 Å². The van der Waals surface area contributed by atoms with Crippen molar-refractivity contribution in [3.63, 3.8) is 0 Å². The molecule has 28 heavy (non-hydrogen) atoms. The Bertz CT molecular complexity index is 881. The van der Waals surface area contributed by atoms with Gasteiger partial charge >= 0.3 is 11.8 Å². The highest BCUT2D eigenvalue weighted by atomic mass is 35.5. The zero-order chi connectivity index (χ0) is 20.6. The van der Waals surface area contributed by atoms with E-state index in [1.54, 1.807) is 45.0 Å². The van der Waals surface area contributed by atoms with Crippen LogP contribution in [-0.2, 0) is 0 Å². The van der Waals surface area contributed by atoms with E-state index >= 15 is 0 Å². The normalized spacial score (nSPS) is 13.3. The van der Waals surface area contributed by atoms with E-state index in [1.807, 2.05) is 6.92 Å². The number of benzene rings is 2. The Hall–Kier alpha value is -1.01. The number of hydrogen-bond donors (Lipinski definition) is 0. The summed E-state index contributed by atoms with van der Waals surface area (Å²) in [6.07, 6.45) is 0.